The summed E-state index contributed by atoms with van der Waals surface area (Å²) >= 11 is 12.4. The molecule has 10 heteroatoms. The Hall–Kier alpha value is -3.36. The van der Waals surface area contributed by atoms with Gasteiger partial charge >= 0.3 is 0 Å². The van der Waals surface area contributed by atoms with Gasteiger partial charge in [0.05, 0.1) is 23.6 Å². The molecule has 0 aliphatic rings. The molecule has 0 radical (unpaired) electrons. The van der Waals surface area contributed by atoms with E-state index < -0.39 is 11.7 Å². The molecule has 0 atom stereocenters. The first kappa shape index (κ1) is 24.8. The maximum absolute atomic E-state index is 14.2. The minimum atomic E-state index is -0.410. The number of hydrogen-bond acceptors (Lipinski definition) is 4. The Bertz CT molecular complexity index is 1370. The third-order valence-corrected chi connectivity index (χ3v) is 6.59. The molecule has 0 aliphatic carbocycles. The number of aryl methyl sites for hydroxylation is 3. The van der Waals surface area contributed by atoms with Crippen LogP contribution in [-0.2, 0) is 13.3 Å². The third kappa shape index (κ3) is 5.33. The van der Waals surface area contributed by atoms with Gasteiger partial charge in [0.25, 0.3) is 5.91 Å². The van der Waals surface area contributed by atoms with E-state index in [4.69, 9.17) is 27.9 Å². The highest BCUT2D eigenvalue weighted by Gasteiger charge is 2.18. The van der Waals surface area contributed by atoms with E-state index in [0.717, 1.165) is 11.1 Å². The zero-order valence-corrected chi connectivity index (χ0v) is 21.2. The Balaban J connectivity index is 1.44. The number of carbonyl (C=O) groups excluding carboxylic acids is 1. The lowest BCUT2D eigenvalue weighted by molar-refractivity contribution is 0.102. The minimum absolute atomic E-state index is 0.132. The molecule has 0 saturated carbocycles. The summed E-state index contributed by atoms with van der Waals surface area (Å²) in [5, 5.41) is 12.6. The average molecular weight is 516 g/mol. The lowest BCUT2D eigenvalue weighted by Crippen LogP contribution is -2.15. The van der Waals surface area contributed by atoms with Crippen molar-refractivity contribution < 1.29 is 13.9 Å². The van der Waals surface area contributed by atoms with Crippen LogP contribution in [0.3, 0.4) is 0 Å². The van der Waals surface area contributed by atoms with Crippen molar-refractivity contribution in [3.63, 3.8) is 0 Å². The van der Waals surface area contributed by atoms with Crippen molar-refractivity contribution in [2.24, 2.45) is 0 Å². The maximum Gasteiger partial charge on any atom is 0.276 e. The molecule has 1 N–H and O–H groups in total. The summed E-state index contributed by atoms with van der Waals surface area (Å²) in [5.41, 5.74) is 4.21. The fourth-order valence-corrected chi connectivity index (χ4v) is 4.06. The van der Waals surface area contributed by atoms with E-state index in [0.29, 0.717) is 38.4 Å². The number of halogens is 3. The molecule has 0 saturated heterocycles. The van der Waals surface area contributed by atoms with Crippen LogP contribution in [0, 0.1) is 33.5 Å². The first-order chi connectivity index (χ1) is 16.6. The van der Waals surface area contributed by atoms with Crippen LogP contribution in [0.15, 0.2) is 42.6 Å². The quantitative estimate of drug-likeness (QED) is 0.322. The van der Waals surface area contributed by atoms with Crippen LogP contribution in [0.2, 0.25) is 10.0 Å². The van der Waals surface area contributed by atoms with Gasteiger partial charge in [-0.25, -0.2) is 9.07 Å². The Kier molecular flexibility index (Phi) is 7.14. The van der Waals surface area contributed by atoms with Crippen LogP contribution >= 0.6 is 23.2 Å². The van der Waals surface area contributed by atoms with Crippen LogP contribution < -0.4 is 10.1 Å². The normalized spacial score (nSPS) is 11.1. The largest absolute Gasteiger partial charge is 0.471 e. The third-order valence-electron chi connectivity index (χ3n) is 5.64. The van der Waals surface area contributed by atoms with E-state index in [-0.39, 0.29) is 19.0 Å². The number of amides is 1. The van der Waals surface area contributed by atoms with Gasteiger partial charge in [-0.3, -0.25) is 9.48 Å². The van der Waals surface area contributed by atoms with Gasteiger partial charge in [-0.2, -0.15) is 10.2 Å². The molecule has 0 spiro atoms. The number of aromatic nitrogens is 4. The first-order valence-electron chi connectivity index (χ1n) is 10.8. The number of nitrogens with zero attached hydrogens (tertiary/aromatic N) is 4. The van der Waals surface area contributed by atoms with E-state index in [2.05, 4.69) is 15.5 Å². The SMILES string of the molecule is Cc1cc(OCn2ccc(C(=O)Nc3c(C)nn(Cc4c(F)cccc4Cl)c3C)n2)cc(C)c1Cl. The summed E-state index contributed by atoms with van der Waals surface area (Å²) in [5.74, 6) is -0.136. The van der Waals surface area contributed by atoms with E-state index >= 15 is 0 Å². The number of ether oxygens (including phenoxy) is 1. The molecule has 0 aliphatic heterocycles. The zero-order valence-electron chi connectivity index (χ0n) is 19.7. The fourth-order valence-electron chi connectivity index (χ4n) is 3.73. The number of hydrogen-bond donors (Lipinski definition) is 1. The second-order valence-electron chi connectivity index (χ2n) is 8.24. The summed E-state index contributed by atoms with van der Waals surface area (Å²) < 4.78 is 23.1. The maximum atomic E-state index is 14.2. The summed E-state index contributed by atoms with van der Waals surface area (Å²) in [6.45, 7) is 7.67. The predicted octanol–water partition coefficient (Wildman–Crippen LogP) is 6.10. The van der Waals surface area contributed by atoms with E-state index in [1.54, 1.807) is 42.9 Å². The lowest BCUT2D eigenvalue weighted by atomic mass is 10.1. The molecule has 0 bridgehead atoms. The molecular formula is C25H24Cl2FN5O2. The highest BCUT2D eigenvalue weighted by atomic mass is 35.5. The smallest absolute Gasteiger partial charge is 0.276 e. The lowest BCUT2D eigenvalue weighted by Gasteiger charge is -2.10. The van der Waals surface area contributed by atoms with Crippen molar-refractivity contribution >= 4 is 34.8 Å². The standard InChI is InChI=1S/C25H24Cl2FN5O2/c1-14-10-18(11-15(2)23(14)27)35-13-32-9-8-22(31-32)25(34)29-24-16(3)30-33(17(24)4)12-19-20(26)6-5-7-21(19)28/h5-11H,12-13H2,1-4H3,(H,29,34). The number of nitrogens with one attached hydrogen (secondary N) is 1. The van der Waals surface area contributed by atoms with E-state index in [1.807, 2.05) is 26.0 Å². The molecule has 35 heavy (non-hydrogen) atoms. The van der Waals surface area contributed by atoms with E-state index in [1.165, 1.54) is 10.7 Å². The first-order valence-corrected chi connectivity index (χ1v) is 11.6. The Labute approximate surface area is 212 Å². The van der Waals surface area contributed by atoms with Crippen LogP contribution in [-0.4, -0.2) is 25.5 Å². The van der Waals surface area contributed by atoms with Gasteiger partial charge in [0, 0.05) is 21.8 Å². The highest BCUT2D eigenvalue weighted by molar-refractivity contribution is 6.32. The molecule has 2 aromatic heterocycles. The van der Waals surface area contributed by atoms with Crippen LogP contribution in [0.1, 0.15) is 38.6 Å². The summed E-state index contributed by atoms with van der Waals surface area (Å²) in [7, 11) is 0. The van der Waals surface area contributed by atoms with Gasteiger partial charge in [0.1, 0.15) is 11.6 Å². The molecule has 2 aromatic carbocycles. The van der Waals surface area contributed by atoms with Gasteiger partial charge in [-0.05, 0) is 69.2 Å². The van der Waals surface area contributed by atoms with Crippen molar-refractivity contribution in [1.82, 2.24) is 19.6 Å². The Morgan fingerprint density at radius 1 is 1.09 bits per heavy atom. The molecule has 7 nitrogen and oxygen atoms in total. The van der Waals surface area contributed by atoms with Crippen molar-refractivity contribution in [2.75, 3.05) is 5.32 Å². The second kappa shape index (κ2) is 10.1. The van der Waals surface area contributed by atoms with Crippen LogP contribution in [0.4, 0.5) is 10.1 Å². The second-order valence-corrected chi connectivity index (χ2v) is 9.03. The summed E-state index contributed by atoms with van der Waals surface area (Å²) in [6.07, 6.45) is 1.66. The summed E-state index contributed by atoms with van der Waals surface area (Å²) in [6, 6.07) is 9.84. The number of rotatable bonds is 7. The van der Waals surface area contributed by atoms with Crippen LogP contribution in [0.5, 0.6) is 5.75 Å². The number of carbonyl (C=O) groups is 1. The minimum Gasteiger partial charge on any atom is -0.471 e. The van der Waals surface area contributed by atoms with Gasteiger partial charge in [-0.15, -0.1) is 0 Å². The average Bonchev–Trinajstić information content (AvgIpc) is 3.39. The number of anilines is 1. The van der Waals surface area contributed by atoms with Gasteiger partial charge in [0.15, 0.2) is 12.4 Å². The molecule has 4 rings (SSSR count). The topological polar surface area (TPSA) is 74.0 Å². The van der Waals surface area contributed by atoms with E-state index in [9.17, 15) is 9.18 Å². The van der Waals surface area contributed by atoms with Crippen LogP contribution in [0.25, 0.3) is 0 Å². The molecule has 0 unspecified atom stereocenters. The molecule has 182 valence electrons. The molecule has 4 aromatic rings. The predicted molar refractivity (Wildman–Crippen MR) is 134 cm³/mol. The zero-order chi connectivity index (χ0) is 25.3. The monoisotopic (exact) mass is 515 g/mol. The molecule has 1 amide bonds. The van der Waals surface area contributed by atoms with Gasteiger partial charge < -0.3 is 10.1 Å². The Morgan fingerprint density at radius 3 is 2.49 bits per heavy atom. The Morgan fingerprint density at radius 2 is 1.80 bits per heavy atom. The fraction of sp³-hybridized carbons (Fsp3) is 0.240. The van der Waals surface area contributed by atoms with Crippen molar-refractivity contribution in [3.8, 4) is 5.75 Å². The number of benzene rings is 2. The van der Waals surface area contributed by atoms with Gasteiger partial charge in [0.2, 0.25) is 0 Å². The molecule has 0 fully saturated rings. The van der Waals surface area contributed by atoms with Crippen molar-refractivity contribution in [3.05, 3.63) is 92.2 Å². The summed E-state index contributed by atoms with van der Waals surface area (Å²) in [4.78, 5) is 12.8. The molecular weight excluding hydrogens is 492 g/mol. The van der Waals surface area contributed by atoms with Crippen molar-refractivity contribution in [1.29, 1.82) is 0 Å². The van der Waals surface area contributed by atoms with Crippen molar-refractivity contribution in [2.45, 2.75) is 41.0 Å². The van der Waals surface area contributed by atoms with Gasteiger partial charge in [-0.1, -0.05) is 29.3 Å². The highest BCUT2D eigenvalue weighted by Crippen LogP contribution is 2.27. The molecule has 2 heterocycles.